The van der Waals surface area contributed by atoms with E-state index in [-0.39, 0.29) is 25.2 Å². The van der Waals surface area contributed by atoms with Gasteiger partial charge in [0.1, 0.15) is 0 Å². The molecule has 1 aliphatic rings. The minimum atomic E-state index is -0.407. The third kappa shape index (κ3) is 2.56. The molecule has 2 rings (SSSR count). The molecule has 0 aliphatic carbocycles. The molecule has 5 nitrogen and oxygen atoms in total. The van der Waals surface area contributed by atoms with Crippen molar-refractivity contribution < 1.29 is 19.4 Å². The number of amides is 1. The summed E-state index contributed by atoms with van der Waals surface area (Å²) in [5, 5.41) is 12.0. The highest BCUT2D eigenvalue weighted by molar-refractivity contribution is 5.93. The molecular formula is C13H17NO4. The zero-order chi connectivity index (χ0) is 13.1. The van der Waals surface area contributed by atoms with E-state index in [1.54, 1.807) is 18.2 Å². The van der Waals surface area contributed by atoms with E-state index >= 15 is 0 Å². The van der Waals surface area contributed by atoms with Crippen LogP contribution in [0, 0.1) is 11.8 Å². The Hall–Kier alpha value is -1.75. The topological polar surface area (TPSA) is 67.8 Å². The molecule has 0 spiro atoms. The Morgan fingerprint density at radius 1 is 1.39 bits per heavy atom. The van der Waals surface area contributed by atoms with Gasteiger partial charge in [-0.25, -0.2) is 0 Å². The lowest BCUT2D eigenvalue weighted by Crippen LogP contribution is -2.29. The Bertz CT molecular complexity index is 445. The molecule has 1 amide bonds. The number of ether oxygens (including phenoxy) is 2. The van der Waals surface area contributed by atoms with Crippen LogP contribution in [0.2, 0.25) is 0 Å². The van der Waals surface area contributed by atoms with Crippen molar-refractivity contribution in [2.24, 2.45) is 11.8 Å². The molecule has 0 fully saturated rings. The van der Waals surface area contributed by atoms with E-state index in [1.165, 1.54) is 0 Å². The molecule has 0 saturated heterocycles. The van der Waals surface area contributed by atoms with Gasteiger partial charge in [-0.1, -0.05) is 13.8 Å². The molecule has 0 aromatic heterocycles. The highest BCUT2D eigenvalue weighted by Crippen LogP contribution is 2.34. The number of rotatable bonds is 4. The fourth-order valence-electron chi connectivity index (χ4n) is 1.81. The first-order valence-electron chi connectivity index (χ1n) is 5.93. The van der Waals surface area contributed by atoms with Crippen molar-refractivity contribution in [2.75, 3.05) is 18.7 Å². The van der Waals surface area contributed by atoms with E-state index < -0.39 is 5.92 Å². The summed E-state index contributed by atoms with van der Waals surface area (Å²) in [5.41, 5.74) is 0.642. The van der Waals surface area contributed by atoms with Crippen LogP contribution in [-0.4, -0.2) is 24.4 Å². The second kappa shape index (κ2) is 5.27. The molecule has 98 valence electrons. The van der Waals surface area contributed by atoms with Crippen molar-refractivity contribution in [3.63, 3.8) is 0 Å². The first kappa shape index (κ1) is 12.7. The third-order valence-electron chi connectivity index (χ3n) is 2.98. The smallest absolute Gasteiger partial charge is 0.231 e. The van der Waals surface area contributed by atoms with Gasteiger partial charge < -0.3 is 19.9 Å². The monoisotopic (exact) mass is 251 g/mol. The summed E-state index contributed by atoms with van der Waals surface area (Å²) in [5.74, 6) is 0.791. The molecule has 1 atom stereocenters. The first-order chi connectivity index (χ1) is 8.61. The van der Waals surface area contributed by atoms with Crippen molar-refractivity contribution in [1.29, 1.82) is 0 Å². The standard InChI is InChI=1S/C13H17NO4/c1-8(2)10(6-15)13(16)14-9-3-4-11-12(5-9)18-7-17-11/h3-5,8,10,15H,6-7H2,1-2H3,(H,14,16). The zero-order valence-corrected chi connectivity index (χ0v) is 10.5. The predicted molar refractivity (Wildman–Crippen MR) is 66.6 cm³/mol. The summed E-state index contributed by atoms with van der Waals surface area (Å²) in [7, 11) is 0. The lowest BCUT2D eigenvalue weighted by atomic mass is 9.96. The van der Waals surface area contributed by atoms with Gasteiger partial charge in [0, 0.05) is 11.8 Å². The minimum absolute atomic E-state index is 0.0870. The predicted octanol–water partition coefficient (Wildman–Crippen LogP) is 1.62. The van der Waals surface area contributed by atoms with Crippen LogP contribution in [0.4, 0.5) is 5.69 Å². The van der Waals surface area contributed by atoms with Gasteiger partial charge in [-0.3, -0.25) is 4.79 Å². The van der Waals surface area contributed by atoms with Gasteiger partial charge in [-0.05, 0) is 18.1 Å². The zero-order valence-electron chi connectivity index (χ0n) is 10.5. The average molecular weight is 251 g/mol. The Morgan fingerprint density at radius 3 is 2.78 bits per heavy atom. The average Bonchev–Trinajstić information content (AvgIpc) is 2.76. The number of benzene rings is 1. The number of nitrogens with one attached hydrogen (secondary N) is 1. The van der Waals surface area contributed by atoms with Crippen LogP contribution < -0.4 is 14.8 Å². The summed E-state index contributed by atoms with van der Waals surface area (Å²) in [4.78, 5) is 11.9. The second-order valence-corrected chi connectivity index (χ2v) is 4.59. The number of carbonyl (C=O) groups is 1. The van der Waals surface area contributed by atoms with Gasteiger partial charge in [-0.15, -0.1) is 0 Å². The molecule has 1 aromatic carbocycles. The maximum absolute atomic E-state index is 11.9. The summed E-state index contributed by atoms with van der Waals surface area (Å²) in [6.45, 7) is 3.85. The fraction of sp³-hybridized carbons (Fsp3) is 0.462. The Labute approximate surface area is 106 Å². The Balaban J connectivity index is 2.07. The van der Waals surface area contributed by atoms with Crippen LogP contribution in [-0.2, 0) is 4.79 Å². The molecular weight excluding hydrogens is 234 g/mol. The van der Waals surface area contributed by atoms with Gasteiger partial charge >= 0.3 is 0 Å². The van der Waals surface area contributed by atoms with E-state index in [0.29, 0.717) is 17.2 Å². The van der Waals surface area contributed by atoms with Gasteiger partial charge in [-0.2, -0.15) is 0 Å². The Kier molecular flexibility index (Phi) is 3.72. The molecule has 1 unspecified atom stereocenters. The minimum Gasteiger partial charge on any atom is -0.454 e. The maximum Gasteiger partial charge on any atom is 0.231 e. The second-order valence-electron chi connectivity index (χ2n) is 4.59. The number of anilines is 1. The number of aliphatic hydroxyl groups is 1. The molecule has 1 aromatic rings. The van der Waals surface area contributed by atoms with Crippen LogP contribution in [0.1, 0.15) is 13.8 Å². The Morgan fingerprint density at radius 2 is 2.11 bits per heavy atom. The number of fused-ring (bicyclic) bond motifs is 1. The van der Waals surface area contributed by atoms with Gasteiger partial charge in [0.25, 0.3) is 0 Å². The summed E-state index contributed by atoms with van der Waals surface area (Å²) in [6, 6.07) is 5.22. The quantitative estimate of drug-likeness (QED) is 0.853. The van der Waals surface area contributed by atoms with Crippen LogP contribution in [0.15, 0.2) is 18.2 Å². The molecule has 5 heteroatoms. The van der Waals surface area contributed by atoms with Crippen LogP contribution in [0.25, 0.3) is 0 Å². The highest BCUT2D eigenvalue weighted by Gasteiger charge is 2.22. The van der Waals surface area contributed by atoms with E-state index in [1.807, 2.05) is 13.8 Å². The number of carbonyl (C=O) groups excluding carboxylic acids is 1. The van der Waals surface area contributed by atoms with Crippen LogP contribution in [0.5, 0.6) is 11.5 Å². The lowest BCUT2D eigenvalue weighted by molar-refractivity contribution is -0.122. The van der Waals surface area contributed by atoms with Crippen molar-refractivity contribution in [3.8, 4) is 11.5 Å². The molecule has 2 N–H and O–H groups in total. The van der Waals surface area contributed by atoms with E-state index in [9.17, 15) is 9.90 Å². The van der Waals surface area contributed by atoms with Gasteiger partial charge in [0.15, 0.2) is 11.5 Å². The molecule has 0 radical (unpaired) electrons. The summed E-state index contributed by atoms with van der Waals surface area (Å²) >= 11 is 0. The molecule has 18 heavy (non-hydrogen) atoms. The first-order valence-corrected chi connectivity index (χ1v) is 5.93. The van der Waals surface area contributed by atoms with Gasteiger partial charge in [0.05, 0.1) is 12.5 Å². The van der Waals surface area contributed by atoms with Crippen molar-refractivity contribution in [1.82, 2.24) is 0 Å². The van der Waals surface area contributed by atoms with Gasteiger partial charge in [0.2, 0.25) is 12.7 Å². The summed E-state index contributed by atoms with van der Waals surface area (Å²) in [6.07, 6.45) is 0. The van der Waals surface area contributed by atoms with Crippen molar-refractivity contribution >= 4 is 11.6 Å². The van der Waals surface area contributed by atoms with E-state index in [2.05, 4.69) is 5.32 Å². The van der Waals surface area contributed by atoms with Crippen LogP contribution >= 0.6 is 0 Å². The third-order valence-corrected chi connectivity index (χ3v) is 2.98. The normalized spacial score (nSPS) is 14.7. The van der Waals surface area contributed by atoms with E-state index in [0.717, 1.165) is 0 Å². The number of aliphatic hydroxyl groups excluding tert-OH is 1. The number of hydrogen-bond donors (Lipinski definition) is 2. The fourth-order valence-corrected chi connectivity index (χ4v) is 1.81. The molecule has 0 saturated carbocycles. The lowest BCUT2D eigenvalue weighted by Gasteiger charge is -2.17. The van der Waals surface area contributed by atoms with Crippen molar-refractivity contribution in [2.45, 2.75) is 13.8 Å². The highest BCUT2D eigenvalue weighted by atomic mass is 16.7. The van der Waals surface area contributed by atoms with E-state index in [4.69, 9.17) is 9.47 Å². The molecule has 0 bridgehead atoms. The molecule has 1 aliphatic heterocycles. The number of hydrogen-bond acceptors (Lipinski definition) is 4. The summed E-state index contributed by atoms with van der Waals surface area (Å²) < 4.78 is 10.4. The molecule has 1 heterocycles. The largest absolute Gasteiger partial charge is 0.454 e. The van der Waals surface area contributed by atoms with Crippen LogP contribution in [0.3, 0.4) is 0 Å². The SMILES string of the molecule is CC(C)C(CO)C(=O)Nc1ccc2c(c1)OCO2. The maximum atomic E-state index is 11.9. The van der Waals surface area contributed by atoms with Crippen molar-refractivity contribution in [3.05, 3.63) is 18.2 Å².